The lowest BCUT2D eigenvalue weighted by atomic mass is 10.0. The van der Waals surface area contributed by atoms with Crippen molar-refractivity contribution >= 4 is 5.69 Å². The van der Waals surface area contributed by atoms with E-state index in [9.17, 15) is 15.2 Å². The largest absolute Gasteiger partial charge is 0.393 e. The molecule has 0 aromatic heterocycles. The topological polar surface area (TPSA) is 95.6 Å². The third-order valence-corrected chi connectivity index (χ3v) is 3.06. The van der Waals surface area contributed by atoms with Gasteiger partial charge in [-0.05, 0) is 26.3 Å². The normalized spacial score (nSPS) is 15.8. The molecule has 0 saturated carbocycles. The van der Waals surface area contributed by atoms with Crippen molar-refractivity contribution in [3.63, 3.8) is 0 Å². The quantitative estimate of drug-likeness (QED) is 0.534. The fraction of sp³-hybridized carbons (Fsp3) is 0.538. The maximum atomic E-state index is 10.9. The van der Waals surface area contributed by atoms with Crippen LogP contribution in [0.2, 0.25) is 0 Å². The predicted octanol–water partition coefficient (Wildman–Crippen LogP) is 1.30. The minimum atomic E-state index is -1.20. The summed E-state index contributed by atoms with van der Waals surface area (Å²) in [5, 5.41) is 32.6. The SMILES string of the molecule is Cc1ccc(C(C)NCC(C)(O)CO)cc1[N+](=O)[O-]. The zero-order chi connectivity index (χ0) is 14.6. The molecule has 2 unspecified atom stereocenters. The van der Waals surface area contributed by atoms with Crippen LogP contribution in [0.15, 0.2) is 18.2 Å². The van der Waals surface area contributed by atoms with Crippen LogP contribution in [0.4, 0.5) is 5.69 Å². The Hall–Kier alpha value is -1.50. The van der Waals surface area contributed by atoms with Crippen molar-refractivity contribution in [2.45, 2.75) is 32.4 Å². The van der Waals surface area contributed by atoms with E-state index in [0.717, 1.165) is 5.56 Å². The molecule has 1 aromatic carbocycles. The number of nitrogens with zero attached hydrogens (tertiary/aromatic N) is 1. The summed E-state index contributed by atoms with van der Waals surface area (Å²) in [7, 11) is 0. The molecule has 0 saturated heterocycles. The minimum Gasteiger partial charge on any atom is -0.393 e. The van der Waals surface area contributed by atoms with E-state index in [1.165, 1.54) is 13.0 Å². The first-order valence-corrected chi connectivity index (χ1v) is 6.08. The Morgan fingerprint density at radius 2 is 2.16 bits per heavy atom. The molecule has 6 nitrogen and oxygen atoms in total. The van der Waals surface area contributed by atoms with Gasteiger partial charge in [0.15, 0.2) is 0 Å². The van der Waals surface area contributed by atoms with Crippen molar-refractivity contribution in [1.82, 2.24) is 5.32 Å². The average Bonchev–Trinajstić information content (AvgIpc) is 2.36. The Balaban J connectivity index is 2.80. The number of nitrogens with one attached hydrogen (secondary N) is 1. The number of aliphatic hydroxyl groups excluding tert-OH is 1. The highest BCUT2D eigenvalue weighted by Crippen LogP contribution is 2.23. The number of rotatable bonds is 6. The van der Waals surface area contributed by atoms with Gasteiger partial charge in [-0.2, -0.15) is 0 Å². The van der Waals surface area contributed by atoms with Crippen LogP contribution in [-0.4, -0.2) is 33.9 Å². The summed E-state index contributed by atoms with van der Waals surface area (Å²) in [5.74, 6) is 0. The summed E-state index contributed by atoms with van der Waals surface area (Å²) >= 11 is 0. The molecule has 0 bridgehead atoms. The molecular formula is C13H20N2O4. The maximum absolute atomic E-state index is 10.9. The van der Waals surface area contributed by atoms with Crippen LogP contribution in [0.5, 0.6) is 0 Å². The van der Waals surface area contributed by atoms with E-state index in [-0.39, 0.29) is 24.9 Å². The van der Waals surface area contributed by atoms with Crippen molar-refractivity contribution < 1.29 is 15.1 Å². The number of hydrogen-bond acceptors (Lipinski definition) is 5. The fourth-order valence-corrected chi connectivity index (χ4v) is 1.64. The third kappa shape index (κ3) is 4.27. The monoisotopic (exact) mass is 268 g/mol. The van der Waals surface area contributed by atoms with Gasteiger partial charge in [-0.15, -0.1) is 0 Å². The summed E-state index contributed by atoms with van der Waals surface area (Å²) in [6, 6.07) is 4.89. The maximum Gasteiger partial charge on any atom is 0.272 e. The van der Waals surface area contributed by atoms with E-state index in [0.29, 0.717) is 5.56 Å². The highest BCUT2D eigenvalue weighted by molar-refractivity contribution is 5.43. The van der Waals surface area contributed by atoms with Gasteiger partial charge >= 0.3 is 0 Å². The lowest BCUT2D eigenvalue weighted by Gasteiger charge is -2.24. The molecule has 0 amide bonds. The first kappa shape index (κ1) is 15.6. The van der Waals surface area contributed by atoms with Gasteiger partial charge in [0.2, 0.25) is 0 Å². The Bertz CT molecular complexity index is 460. The highest BCUT2D eigenvalue weighted by atomic mass is 16.6. The Kier molecular flexibility index (Phi) is 4.99. The second kappa shape index (κ2) is 6.10. The molecule has 2 atom stereocenters. The van der Waals surface area contributed by atoms with Crippen LogP contribution in [0.3, 0.4) is 0 Å². The van der Waals surface area contributed by atoms with Gasteiger partial charge in [-0.1, -0.05) is 12.1 Å². The lowest BCUT2D eigenvalue weighted by Crippen LogP contribution is -2.41. The summed E-state index contributed by atoms with van der Waals surface area (Å²) < 4.78 is 0. The second-order valence-electron chi connectivity index (χ2n) is 5.06. The Morgan fingerprint density at radius 1 is 1.53 bits per heavy atom. The van der Waals surface area contributed by atoms with Crippen molar-refractivity contribution in [2.24, 2.45) is 0 Å². The van der Waals surface area contributed by atoms with Crippen molar-refractivity contribution in [3.8, 4) is 0 Å². The van der Waals surface area contributed by atoms with E-state index in [1.54, 1.807) is 13.0 Å². The van der Waals surface area contributed by atoms with Crippen LogP contribution in [-0.2, 0) is 0 Å². The number of benzene rings is 1. The predicted molar refractivity (Wildman–Crippen MR) is 72.0 cm³/mol. The lowest BCUT2D eigenvalue weighted by molar-refractivity contribution is -0.385. The van der Waals surface area contributed by atoms with E-state index in [1.807, 2.05) is 13.0 Å². The molecule has 0 radical (unpaired) electrons. The zero-order valence-corrected chi connectivity index (χ0v) is 11.4. The van der Waals surface area contributed by atoms with Crippen molar-refractivity contribution in [1.29, 1.82) is 0 Å². The van der Waals surface area contributed by atoms with Crippen LogP contribution < -0.4 is 5.32 Å². The van der Waals surface area contributed by atoms with Crippen LogP contribution in [0.1, 0.15) is 31.0 Å². The number of aliphatic hydroxyl groups is 2. The summed E-state index contributed by atoms with van der Waals surface area (Å²) in [5.41, 5.74) is 0.264. The molecule has 0 fully saturated rings. The summed E-state index contributed by atoms with van der Waals surface area (Å²) in [4.78, 5) is 10.5. The van der Waals surface area contributed by atoms with E-state index in [2.05, 4.69) is 5.32 Å². The summed E-state index contributed by atoms with van der Waals surface area (Å²) in [6.45, 7) is 4.91. The van der Waals surface area contributed by atoms with Crippen LogP contribution in [0, 0.1) is 17.0 Å². The molecule has 0 aliphatic carbocycles. The fourth-order valence-electron chi connectivity index (χ4n) is 1.64. The van der Waals surface area contributed by atoms with Gasteiger partial charge in [-0.3, -0.25) is 10.1 Å². The van der Waals surface area contributed by atoms with Gasteiger partial charge < -0.3 is 15.5 Å². The van der Waals surface area contributed by atoms with E-state index < -0.39 is 10.5 Å². The number of nitro benzene ring substituents is 1. The molecule has 1 aromatic rings. The van der Waals surface area contributed by atoms with Gasteiger partial charge in [0.1, 0.15) is 0 Å². The van der Waals surface area contributed by atoms with Gasteiger partial charge in [0.05, 0.1) is 17.1 Å². The van der Waals surface area contributed by atoms with E-state index in [4.69, 9.17) is 5.11 Å². The molecule has 6 heteroatoms. The van der Waals surface area contributed by atoms with Crippen LogP contribution >= 0.6 is 0 Å². The second-order valence-corrected chi connectivity index (χ2v) is 5.06. The molecule has 0 aliphatic rings. The first-order valence-electron chi connectivity index (χ1n) is 6.08. The van der Waals surface area contributed by atoms with Crippen LogP contribution in [0.25, 0.3) is 0 Å². The molecule has 0 aliphatic heterocycles. The molecule has 1 rings (SSSR count). The smallest absolute Gasteiger partial charge is 0.272 e. The number of aryl methyl sites for hydroxylation is 1. The van der Waals surface area contributed by atoms with E-state index >= 15 is 0 Å². The third-order valence-electron chi connectivity index (χ3n) is 3.06. The standard InChI is InChI=1S/C13H20N2O4/c1-9-4-5-11(6-12(9)15(18)19)10(2)14-7-13(3,17)8-16/h4-6,10,14,16-17H,7-8H2,1-3H3. The molecule has 106 valence electrons. The van der Waals surface area contributed by atoms with Gasteiger partial charge in [0.25, 0.3) is 5.69 Å². The highest BCUT2D eigenvalue weighted by Gasteiger charge is 2.20. The number of hydrogen-bond donors (Lipinski definition) is 3. The first-order chi connectivity index (χ1) is 8.76. The molecular weight excluding hydrogens is 248 g/mol. The van der Waals surface area contributed by atoms with Gasteiger partial charge in [0, 0.05) is 24.2 Å². The molecule has 0 heterocycles. The number of nitro groups is 1. The average molecular weight is 268 g/mol. The molecule has 3 N–H and O–H groups in total. The summed E-state index contributed by atoms with van der Waals surface area (Å²) in [6.07, 6.45) is 0. The van der Waals surface area contributed by atoms with Crippen molar-refractivity contribution in [2.75, 3.05) is 13.2 Å². The van der Waals surface area contributed by atoms with Crippen molar-refractivity contribution in [3.05, 3.63) is 39.4 Å². The Labute approximate surface area is 112 Å². The Morgan fingerprint density at radius 3 is 2.68 bits per heavy atom. The zero-order valence-electron chi connectivity index (χ0n) is 11.4. The minimum absolute atomic E-state index is 0.0834. The molecule has 19 heavy (non-hydrogen) atoms. The molecule has 0 spiro atoms. The van der Waals surface area contributed by atoms with Gasteiger partial charge in [-0.25, -0.2) is 0 Å².